The molecular formula is C36H35ClO7. The van der Waals surface area contributed by atoms with Crippen molar-refractivity contribution in [1.29, 1.82) is 0 Å². The topological polar surface area (TPSA) is 118 Å². The van der Waals surface area contributed by atoms with Crippen molar-refractivity contribution in [3.63, 3.8) is 0 Å². The van der Waals surface area contributed by atoms with Gasteiger partial charge in [0.15, 0.2) is 11.6 Å². The van der Waals surface area contributed by atoms with Gasteiger partial charge in [-0.15, -0.1) is 0 Å². The molecule has 0 aliphatic heterocycles. The Labute approximate surface area is 262 Å². The molecule has 0 bridgehead atoms. The normalized spacial score (nSPS) is 11.8. The Morgan fingerprint density at radius 3 is 1.50 bits per heavy atom. The first-order valence-corrected chi connectivity index (χ1v) is 14.4. The van der Waals surface area contributed by atoms with Crippen LogP contribution in [0.3, 0.4) is 0 Å². The molecule has 0 aliphatic rings. The van der Waals surface area contributed by atoms with Crippen LogP contribution < -0.4 is 4.74 Å². The third kappa shape index (κ3) is 10.8. The van der Waals surface area contributed by atoms with Gasteiger partial charge in [0, 0.05) is 29.0 Å². The lowest BCUT2D eigenvalue weighted by atomic mass is 9.92. The summed E-state index contributed by atoms with van der Waals surface area (Å²) in [7, 11) is 1.55. The smallest absolute Gasteiger partial charge is 0.307 e. The number of ketones is 2. The number of aryl methyl sites for hydroxylation is 1. The molecule has 44 heavy (non-hydrogen) atoms. The van der Waals surface area contributed by atoms with E-state index in [1.807, 2.05) is 49.4 Å². The number of hydrogen-bond acceptors (Lipinski definition) is 5. The summed E-state index contributed by atoms with van der Waals surface area (Å²) in [6.45, 7) is 1.95. The quantitative estimate of drug-likeness (QED) is 0.151. The zero-order chi connectivity index (χ0) is 32.1. The molecule has 8 heteroatoms. The molecule has 0 aromatic heterocycles. The van der Waals surface area contributed by atoms with Gasteiger partial charge < -0.3 is 14.9 Å². The number of carbonyl (C=O) groups is 4. The summed E-state index contributed by atoms with van der Waals surface area (Å²) < 4.78 is 5.04. The second-order valence-corrected chi connectivity index (χ2v) is 10.9. The van der Waals surface area contributed by atoms with Gasteiger partial charge in [-0.1, -0.05) is 83.9 Å². The molecule has 4 aromatic carbocycles. The van der Waals surface area contributed by atoms with Crippen LogP contribution in [-0.4, -0.2) is 40.8 Å². The van der Waals surface area contributed by atoms with Gasteiger partial charge in [-0.2, -0.15) is 0 Å². The highest BCUT2D eigenvalue weighted by molar-refractivity contribution is 6.30. The first-order valence-electron chi connectivity index (χ1n) is 14.1. The average molecular weight is 615 g/mol. The fourth-order valence-corrected chi connectivity index (χ4v) is 4.62. The van der Waals surface area contributed by atoms with E-state index in [4.69, 9.17) is 16.3 Å². The fraction of sp³-hybridized carbons (Fsp3) is 0.222. The summed E-state index contributed by atoms with van der Waals surface area (Å²) in [5.74, 6) is -3.06. The number of ether oxygens (including phenoxy) is 1. The molecule has 2 unspecified atom stereocenters. The van der Waals surface area contributed by atoms with Crippen LogP contribution in [0.15, 0.2) is 103 Å². The second-order valence-electron chi connectivity index (χ2n) is 10.4. The Morgan fingerprint density at radius 1 is 0.636 bits per heavy atom. The first-order chi connectivity index (χ1) is 21.0. The predicted molar refractivity (Wildman–Crippen MR) is 170 cm³/mol. The van der Waals surface area contributed by atoms with Gasteiger partial charge in [-0.3, -0.25) is 19.2 Å². The molecule has 0 amide bonds. The van der Waals surface area contributed by atoms with Crippen LogP contribution in [0.2, 0.25) is 5.02 Å². The lowest BCUT2D eigenvalue weighted by Crippen LogP contribution is -2.20. The summed E-state index contributed by atoms with van der Waals surface area (Å²) in [6.07, 6.45) is 0.625. The summed E-state index contributed by atoms with van der Waals surface area (Å²) in [5.41, 5.74) is 3.89. The average Bonchev–Trinajstić information content (AvgIpc) is 3.02. The van der Waals surface area contributed by atoms with Gasteiger partial charge in [0.05, 0.1) is 18.9 Å². The van der Waals surface area contributed by atoms with Crippen molar-refractivity contribution in [3.05, 3.63) is 136 Å². The molecule has 0 aliphatic carbocycles. The minimum absolute atomic E-state index is 0.0211. The highest BCUT2D eigenvalue weighted by Gasteiger charge is 2.23. The predicted octanol–water partition coefficient (Wildman–Crippen LogP) is 7.38. The molecule has 0 fully saturated rings. The molecule has 228 valence electrons. The van der Waals surface area contributed by atoms with Gasteiger partial charge in [-0.05, 0) is 67.3 Å². The van der Waals surface area contributed by atoms with Crippen molar-refractivity contribution in [2.24, 2.45) is 11.8 Å². The van der Waals surface area contributed by atoms with Crippen molar-refractivity contribution in [3.8, 4) is 5.75 Å². The number of halogens is 1. The maximum absolute atomic E-state index is 12.3. The van der Waals surface area contributed by atoms with E-state index in [2.05, 4.69) is 0 Å². The maximum Gasteiger partial charge on any atom is 0.307 e. The molecule has 0 heterocycles. The van der Waals surface area contributed by atoms with Crippen molar-refractivity contribution in [2.75, 3.05) is 7.11 Å². The van der Waals surface area contributed by atoms with E-state index in [-0.39, 0.29) is 30.8 Å². The SMILES string of the molecule is COc1ccc(C(=O)CC(Cc2ccc(Cl)cc2)C(=O)O)cc1.Cc1ccc(C(=O)CC(Cc2ccccc2)C(=O)O)cc1. The Morgan fingerprint density at radius 2 is 1.07 bits per heavy atom. The van der Waals surface area contributed by atoms with Crippen LogP contribution in [-0.2, 0) is 22.4 Å². The summed E-state index contributed by atoms with van der Waals surface area (Å²) in [5, 5.41) is 19.3. The van der Waals surface area contributed by atoms with E-state index in [0.29, 0.717) is 28.3 Å². The third-order valence-corrected chi connectivity index (χ3v) is 7.32. The molecule has 0 radical (unpaired) electrons. The molecule has 4 rings (SSSR count). The molecule has 2 atom stereocenters. The number of aliphatic carboxylic acids is 2. The van der Waals surface area contributed by atoms with E-state index >= 15 is 0 Å². The molecular weight excluding hydrogens is 580 g/mol. The Bertz CT molecular complexity index is 1530. The number of Topliss-reactive ketones (excluding diaryl/α,β-unsaturated/α-hetero) is 2. The zero-order valence-corrected chi connectivity index (χ0v) is 25.4. The number of methoxy groups -OCH3 is 1. The van der Waals surface area contributed by atoms with E-state index < -0.39 is 23.8 Å². The maximum atomic E-state index is 12.3. The van der Waals surface area contributed by atoms with E-state index in [0.717, 1.165) is 16.7 Å². The minimum atomic E-state index is -0.984. The van der Waals surface area contributed by atoms with Crippen LogP contribution in [0.25, 0.3) is 0 Å². The Kier molecular flexibility index (Phi) is 12.9. The highest BCUT2D eigenvalue weighted by Crippen LogP contribution is 2.20. The van der Waals surface area contributed by atoms with E-state index in [1.54, 1.807) is 67.8 Å². The number of carboxylic acids is 2. The van der Waals surface area contributed by atoms with Crippen LogP contribution >= 0.6 is 11.6 Å². The van der Waals surface area contributed by atoms with Crippen molar-refractivity contribution in [2.45, 2.75) is 32.6 Å². The van der Waals surface area contributed by atoms with Crippen LogP contribution in [0, 0.1) is 18.8 Å². The van der Waals surface area contributed by atoms with E-state index in [9.17, 15) is 29.4 Å². The van der Waals surface area contributed by atoms with Gasteiger partial charge in [-0.25, -0.2) is 0 Å². The molecule has 7 nitrogen and oxygen atoms in total. The second kappa shape index (κ2) is 16.8. The fourth-order valence-electron chi connectivity index (χ4n) is 4.50. The lowest BCUT2D eigenvalue weighted by molar-refractivity contribution is -0.142. The van der Waals surface area contributed by atoms with Crippen molar-refractivity contribution in [1.82, 2.24) is 0 Å². The Hall–Kier alpha value is -4.75. The number of carboxylic acid groups (broad SMARTS) is 2. The van der Waals surface area contributed by atoms with E-state index in [1.165, 1.54) is 0 Å². The molecule has 2 N–H and O–H groups in total. The van der Waals surface area contributed by atoms with Gasteiger partial charge >= 0.3 is 11.9 Å². The van der Waals surface area contributed by atoms with Crippen LogP contribution in [0.4, 0.5) is 0 Å². The van der Waals surface area contributed by atoms with Crippen LogP contribution in [0.5, 0.6) is 5.75 Å². The van der Waals surface area contributed by atoms with Crippen molar-refractivity contribution < 1.29 is 34.1 Å². The lowest BCUT2D eigenvalue weighted by Gasteiger charge is -2.12. The van der Waals surface area contributed by atoms with Gasteiger partial charge in [0.25, 0.3) is 0 Å². The molecule has 0 saturated carbocycles. The first kappa shape index (κ1) is 33.7. The summed E-state index contributed by atoms with van der Waals surface area (Å²) in [6, 6.07) is 30.2. The Balaban J connectivity index is 0.000000241. The molecule has 0 saturated heterocycles. The molecule has 0 spiro atoms. The number of rotatable bonds is 13. The zero-order valence-electron chi connectivity index (χ0n) is 24.6. The minimum Gasteiger partial charge on any atom is -0.497 e. The van der Waals surface area contributed by atoms with Crippen molar-refractivity contribution >= 4 is 35.1 Å². The largest absolute Gasteiger partial charge is 0.497 e. The monoisotopic (exact) mass is 614 g/mol. The summed E-state index contributed by atoms with van der Waals surface area (Å²) in [4.78, 5) is 47.3. The standard InChI is InChI=1S/C18H17ClO4.C18H18O3/c1-23-16-8-4-13(5-9-16)17(20)11-14(18(21)22)10-12-2-6-15(19)7-3-12;1-13-7-9-15(10-8-13)17(19)12-16(18(20)21)11-14-5-3-2-4-6-14/h2-9,14H,10-11H2,1H3,(H,21,22);2-10,16H,11-12H2,1H3,(H,20,21). The molecule has 4 aromatic rings. The highest BCUT2D eigenvalue weighted by atomic mass is 35.5. The number of hydrogen-bond donors (Lipinski definition) is 2. The summed E-state index contributed by atoms with van der Waals surface area (Å²) >= 11 is 5.82. The number of carbonyl (C=O) groups excluding carboxylic acids is 2. The van der Waals surface area contributed by atoms with Gasteiger partial charge in [0.1, 0.15) is 5.75 Å². The number of benzene rings is 4. The van der Waals surface area contributed by atoms with Gasteiger partial charge in [0.2, 0.25) is 0 Å². The van der Waals surface area contributed by atoms with Crippen LogP contribution in [0.1, 0.15) is 50.2 Å². The third-order valence-electron chi connectivity index (χ3n) is 7.07.